The van der Waals surface area contributed by atoms with Gasteiger partial charge in [-0.2, -0.15) is 0 Å². The van der Waals surface area contributed by atoms with Crippen LogP contribution in [0.2, 0.25) is 0 Å². The number of rotatable bonds is 5. The van der Waals surface area contributed by atoms with E-state index in [9.17, 15) is 14.7 Å². The molecule has 106 valence electrons. The van der Waals surface area contributed by atoms with Crippen LogP contribution in [-0.4, -0.2) is 21.3 Å². The summed E-state index contributed by atoms with van der Waals surface area (Å²) in [5.41, 5.74) is 0.302. The highest BCUT2D eigenvalue weighted by Gasteiger charge is 2.11. The first-order valence-corrected chi connectivity index (χ1v) is 6.19. The molecule has 0 aliphatic carbocycles. The molecule has 6 heteroatoms. The van der Waals surface area contributed by atoms with E-state index in [2.05, 4.69) is 4.98 Å². The van der Waals surface area contributed by atoms with E-state index in [1.165, 1.54) is 10.8 Å². The largest absolute Gasteiger partial charge is 0.393 e. The SMILES string of the molecule is Cc1cn(CO[C@H](CO)c2ccccc2)c(=O)[nH]c1=O. The minimum Gasteiger partial charge on any atom is -0.393 e. The average Bonchev–Trinajstić information content (AvgIpc) is 2.46. The van der Waals surface area contributed by atoms with Crippen LogP contribution in [0.15, 0.2) is 46.1 Å². The Balaban J connectivity index is 2.13. The van der Waals surface area contributed by atoms with Crippen molar-refractivity contribution in [2.45, 2.75) is 19.8 Å². The van der Waals surface area contributed by atoms with E-state index in [4.69, 9.17) is 4.74 Å². The van der Waals surface area contributed by atoms with Crippen LogP contribution < -0.4 is 11.2 Å². The van der Waals surface area contributed by atoms with Crippen molar-refractivity contribution in [1.29, 1.82) is 0 Å². The topological polar surface area (TPSA) is 84.3 Å². The van der Waals surface area contributed by atoms with E-state index in [0.717, 1.165) is 5.56 Å². The molecule has 20 heavy (non-hydrogen) atoms. The molecule has 0 bridgehead atoms. The molecule has 1 aromatic heterocycles. The number of hydrogen-bond donors (Lipinski definition) is 2. The predicted molar refractivity (Wildman–Crippen MR) is 73.4 cm³/mol. The molecule has 0 radical (unpaired) electrons. The zero-order valence-corrected chi connectivity index (χ0v) is 11.1. The van der Waals surface area contributed by atoms with E-state index < -0.39 is 17.4 Å². The second kappa shape index (κ2) is 6.31. The Hall–Kier alpha value is -2.18. The number of aliphatic hydroxyl groups excluding tert-OH is 1. The molecule has 1 heterocycles. The summed E-state index contributed by atoms with van der Waals surface area (Å²) in [4.78, 5) is 25.1. The fraction of sp³-hybridized carbons (Fsp3) is 0.286. The van der Waals surface area contributed by atoms with Crippen LogP contribution in [-0.2, 0) is 11.5 Å². The zero-order chi connectivity index (χ0) is 14.5. The molecular formula is C14H16N2O4. The maximum atomic E-state index is 11.6. The summed E-state index contributed by atoms with van der Waals surface area (Å²) in [5.74, 6) is 0. The van der Waals surface area contributed by atoms with Gasteiger partial charge in [0.15, 0.2) is 0 Å². The zero-order valence-electron chi connectivity index (χ0n) is 11.1. The van der Waals surface area contributed by atoms with Crippen molar-refractivity contribution in [2.24, 2.45) is 0 Å². The van der Waals surface area contributed by atoms with Gasteiger partial charge in [0.2, 0.25) is 0 Å². The van der Waals surface area contributed by atoms with Gasteiger partial charge in [-0.3, -0.25) is 14.3 Å². The van der Waals surface area contributed by atoms with Crippen molar-refractivity contribution in [3.05, 3.63) is 68.5 Å². The lowest BCUT2D eigenvalue weighted by Gasteiger charge is -2.16. The van der Waals surface area contributed by atoms with Crippen LogP contribution in [0.4, 0.5) is 0 Å². The molecule has 0 unspecified atom stereocenters. The minimum atomic E-state index is -0.537. The molecule has 2 rings (SSSR count). The number of aromatic amines is 1. The first kappa shape index (κ1) is 14.2. The van der Waals surface area contributed by atoms with Crippen molar-refractivity contribution < 1.29 is 9.84 Å². The van der Waals surface area contributed by atoms with Crippen molar-refractivity contribution in [3.8, 4) is 0 Å². The standard InChI is InChI=1S/C14H16N2O4/c1-10-7-16(14(19)15-13(10)18)9-20-12(8-17)11-5-3-2-4-6-11/h2-7,12,17H,8-9H2,1H3,(H,15,18,19)/t12-/m1/s1. The van der Waals surface area contributed by atoms with Crippen LogP contribution in [0.3, 0.4) is 0 Å². The monoisotopic (exact) mass is 276 g/mol. The Morgan fingerprint density at radius 2 is 2.00 bits per heavy atom. The number of nitrogens with zero attached hydrogens (tertiary/aromatic N) is 1. The molecule has 0 aliphatic rings. The lowest BCUT2D eigenvalue weighted by molar-refractivity contribution is -0.0273. The van der Waals surface area contributed by atoms with Crippen molar-refractivity contribution in [2.75, 3.05) is 6.61 Å². The first-order chi connectivity index (χ1) is 9.61. The van der Waals surface area contributed by atoms with Gasteiger partial charge in [0.25, 0.3) is 5.56 Å². The Labute approximate surface area is 115 Å². The summed E-state index contributed by atoms with van der Waals surface area (Å²) in [5, 5.41) is 9.36. The van der Waals surface area contributed by atoms with E-state index in [1.807, 2.05) is 30.3 Å². The number of aliphatic hydroxyl groups is 1. The smallest absolute Gasteiger partial charge is 0.330 e. The van der Waals surface area contributed by atoms with Crippen LogP contribution in [0.1, 0.15) is 17.2 Å². The lowest BCUT2D eigenvalue weighted by Crippen LogP contribution is -2.31. The van der Waals surface area contributed by atoms with Crippen LogP contribution in [0.5, 0.6) is 0 Å². The third kappa shape index (κ3) is 3.23. The van der Waals surface area contributed by atoms with Gasteiger partial charge in [0, 0.05) is 11.8 Å². The number of H-pyrrole nitrogens is 1. The fourth-order valence-corrected chi connectivity index (χ4v) is 1.81. The molecule has 0 aliphatic heterocycles. The molecule has 2 aromatic rings. The molecule has 6 nitrogen and oxygen atoms in total. The summed E-state index contributed by atoms with van der Waals surface area (Å²) in [6.07, 6.45) is 0.913. The highest BCUT2D eigenvalue weighted by molar-refractivity contribution is 5.17. The van der Waals surface area contributed by atoms with Crippen LogP contribution in [0.25, 0.3) is 0 Å². The summed E-state index contributed by atoms with van der Waals surface area (Å²) >= 11 is 0. The number of ether oxygens (including phenoxy) is 1. The van der Waals surface area contributed by atoms with Crippen LogP contribution >= 0.6 is 0 Å². The molecular weight excluding hydrogens is 260 g/mol. The van der Waals surface area contributed by atoms with E-state index in [1.54, 1.807) is 6.92 Å². The molecule has 1 atom stereocenters. The van der Waals surface area contributed by atoms with Gasteiger partial charge in [-0.1, -0.05) is 30.3 Å². The summed E-state index contributed by atoms with van der Waals surface area (Å²) < 4.78 is 6.78. The lowest BCUT2D eigenvalue weighted by atomic mass is 10.1. The average molecular weight is 276 g/mol. The molecule has 0 saturated carbocycles. The Bertz CT molecular complexity index is 676. The van der Waals surface area contributed by atoms with Gasteiger partial charge < -0.3 is 9.84 Å². The van der Waals surface area contributed by atoms with Crippen molar-refractivity contribution in [1.82, 2.24) is 9.55 Å². The van der Waals surface area contributed by atoms with Gasteiger partial charge in [-0.15, -0.1) is 0 Å². The third-order valence-electron chi connectivity index (χ3n) is 2.94. The van der Waals surface area contributed by atoms with Crippen molar-refractivity contribution in [3.63, 3.8) is 0 Å². The third-order valence-corrected chi connectivity index (χ3v) is 2.94. The predicted octanol–water partition coefficient (Wildman–Crippen LogP) is 0.553. The summed E-state index contributed by atoms with van der Waals surface area (Å²) in [6, 6.07) is 9.23. The molecule has 0 saturated heterocycles. The number of hydrogen-bond acceptors (Lipinski definition) is 4. The highest BCUT2D eigenvalue weighted by Crippen LogP contribution is 2.16. The number of benzene rings is 1. The Morgan fingerprint density at radius 3 is 2.65 bits per heavy atom. The van der Waals surface area contributed by atoms with Crippen molar-refractivity contribution >= 4 is 0 Å². The van der Waals surface area contributed by atoms with Crippen LogP contribution in [0, 0.1) is 6.92 Å². The maximum absolute atomic E-state index is 11.6. The molecule has 0 amide bonds. The number of aryl methyl sites for hydroxylation is 1. The molecule has 0 fully saturated rings. The molecule has 0 spiro atoms. The normalized spacial score (nSPS) is 12.3. The van der Waals surface area contributed by atoms with E-state index in [-0.39, 0.29) is 13.3 Å². The first-order valence-electron chi connectivity index (χ1n) is 6.19. The van der Waals surface area contributed by atoms with Gasteiger partial charge in [-0.25, -0.2) is 4.79 Å². The minimum absolute atomic E-state index is 0.0451. The van der Waals surface area contributed by atoms with Gasteiger partial charge in [0.1, 0.15) is 12.8 Å². The Kier molecular flexibility index (Phi) is 4.49. The quantitative estimate of drug-likeness (QED) is 0.835. The van der Waals surface area contributed by atoms with E-state index in [0.29, 0.717) is 5.56 Å². The molecule has 1 aromatic carbocycles. The summed E-state index contributed by atoms with van der Waals surface area (Å²) in [6.45, 7) is 1.37. The highest BCUT2D eigenvalue weighted by atomic mass is 16.5. The van der Waals surface area contributed by atoms with Gasteiger partial charge in [-0.05, 0) is 12.5 Å². The number of aromatic nitrogens is 2. The van der Waals surface area contributed by atoms with E-state index >= 15 is 0 Å². The fourth-order valence-electron chi connectivity index (χ4n) is 1.81. The van der Waals surface area contributed by atoms with Gasteiger partial charge in [0.05, 0.1) is 6.61 Å². The number of nitrogens with one attached hydrogen (secondary N) is 1. The second-order valence-electron chi connectivity index (χ2n) is 4.42. The Morgan fingerprint density at radius 1 is 1.30 bits per heavy atom. The summed E-state index contributed by atoms with van der Waals surface area (Å²) in [7, 11) is 0. The van der Waals surface area contributed by atoms with Gasteiger partial charge >= 0.3 is 5.69 Å². The second-order valence-corrected chi connectivity index (χ2v) is 4.42. The molecule has 2 N–H and O–H groups in total. The maximum Gasteiger partial charge on any atom is 0.330 e.